The van der Waals surface area contributed by atoms with E-state index in [9.17, 15) is 9.59 Å². The molecule has 7 heteroatoms. The van der Waals surface area contributed by atoms with Gasteiger partial charge in [0, 0.05) is 0 Å². The van der Waals surface area contributed by atoms with Gasteiger partial charge in [-0.1, -0.05) is 66.4 Å². The normalized spacial score (nSPS) is 14.8. The summed E-state index contributed by atoms with van der Waals surface area (Å²) in [6.07, 6.45) is 1.83. The number of carboxylic acids is 1. The highest BCUT2D eigenvalue weighted by Gasteiger charge is 2.33. The first-order valence-electron chi connectivity index (χ1n) is 9.81. The van der Waals surface area contributed by atoms with Gasteiger partial charge in [0.25, 0.3) is 5.91 Å². The first kappa shape index (κ1) is 21.8. The van der Waals surface area contributed by atoms with Crippen LogP contribution in [0.25, 0.3) is 6.08 Å². The van der Waals surface area contributed by atoms with Crippen molar-refractivity contribution in [3.8, 4) is 5.75 Å². The Bertz CT molecular complexity index is 1220. The van der Waals surface area contributed by atoms with Crippen LogP contribution in [-0.4, -0.2) is 21.3 Å². The highest BCUT2D eigenvalue weighted by atomic mass is 32.2. The van der Waals surface area contributed by atoms with Crippen LogP contribution in [0.3, 0.4) is 0 Å². The smallest absolute Gasteiger partial charge is 0.335 e. The van der Waals surface area contributed by atoms with E-state index in [1.54, 1.807) is 29.2 Å². The molecule has 32 heavy (non-hydrogen) atoms. The molecule has 4 rings (SSSR count). The summed E-state index contributed by atoms with van der Waals surface area (Å²) >= 11 is 6.74. The number of anilines is 1. The molecule has 1 fully saturated rings. The molecule has 1 aliphatic heterocycles. The molecule has 0 atom stereocenters. The van der Waals surface area contributed by atoms with Crippen molar-refractivity contribution in [3.05, 3.63) is 100.0 Å². The maximum Gasteiger partial charge on any atom is 0.335 e. The fourth-order valence-electron chi connectivity index (χ4n) is 3.21. The molecule has 1 N–H and O–H groups in total. The van der Waals surface area contributed by atoms with Gasteiger partial charge in [-0.15, -0.1) is 0 Å². The molecule has 3 aromatic rings. The standard InChI is InChI=1S/C25H19NO4S2/c1-16-4-2-3-5-21(16)26-23(27)22(32-25(26)31)14-17-8-12-20(13-9-17)30-15-18-6-10-19(11-7-18)24(28)29/h2-14H,15H2,1H3,(H,28,29)/b22-14-. The zero-order valence-corrected chi connectivity index (χ0v) is 18.8. The number of carboxylic acid groups (broad SMARTS) is 1. The highest BCUT2D eigenvalue weighted by Crippen LogP contribution is 2.37. The zero-order valence-electron chi connectivity index (χ0n) is 17.1. The van der Waals surface area contributed by atoms with Crippen molar-refractivity contribution in [2.45, 2.75) is 13.5 Å². The zero-order chi connectivity index (χ0) is 22.7. The predicted octanol–water partition coefficient (Wildman–Crippen LogP) is 5.68. The SMILES string of the molecule is Cc1ccccc1N1C(=O)/C(=C/c2ccc(OCc3ccc(C(=O)O)cc3)cc2)SC1=S. The molecule has 0 bridgehead atoms. The van der Waals surface area contributed by atoms with Gasteiger partial charge in [-0.2, -0.15) is 0 Å². The van der Waals surface area contributed by atoms with E-state index in [1.807, 2.05) is 61.5 Å². The number of amides is 1. The number of hydrogen-bond acceptors (Lipinski definition) is 5. The van der Waals surface area contributed by atoms with Crippen LogP contribution in [0.15, 0.2) is 77.7 Å². The lowest BCUT2D eigenvalue weighted by molar-refractivity contribution is -0.113. The Balaban J connectivity index is 1.43. The summed E-state index contributed by atoms with van der Waals surface area (Å²) in [6.45, 7) is 2.28. The monoisotopic (exact) mass is 461 g/mol. The molecule has 3 aromatic carbocycles. The molecular weight excluding hydrogens is 442 g/mol. The van der Waals surface area contributed by atoms with Crippen molar-refractivity contribution in [1.82, 2.24) is 0 Å². The van der Waals surface area contributed by atoms with Crippen LogP contribution in [-0.2, 0) is 11.4 Å². The van der Waals surface area contributed by atoms with Crippen LogP contribution in [0.2, 0.25) is 0 Å². The summed E-state index contributed by atoms with van der Waals surface area (Å²) in [7, 11) is 0. The second-order valence-electron chi connectivity index (χ2n) is 7.16. The summed E-state index contributed by atoms with van der Waals surface area (Å²) < 4.78 is 6.29. The predicted molar refractivity (Wildman–Crippen MR) is 131 cm³/mol. The Morgan fingerprint density at radius 2 is 1.75 bits per heavy atom. The summed E-state index contributed by atoms with van der Waals surface area (Å²) in [5.74, 6) is -0.403. The molecule has 1 amide bonds. The Labute approximate surface area is 195 Å². The lowest BCUT2D eigenvalue weighted by Gasteiger charge is -2.16. The maximum absolute atomic E-state index is 13.0. The number of para-hydroxylation sites is 1. The molecule has 5 nitrogen and oxygen atoms in total. The maximum atomic E-state index is 13.0. The fourth-order valence-corrected chi connectivity index (χ4v) is 4.50. The number of benzene rings is 3. The van der Waals surface area contributed by atoms with Crippen LogP contribution in [0.4, 0.5) is 5.69 Å². The molecule has 0 saturated carbocycles. The minimum absolute atomic E-state index is 0.126. The van der Waals surface area contributed by atoms with E-state index in [-0.39, 0.29) is 11.5 Å². The first-order valence-corrected chi connectivity index (χ1v) is 11.0. The van der Waals surface area contributed by atoms with Gasteiger partial charge < -0.3 is 9.84 Å². The van der Waals surface area contributed by atoms with Crippen molar-refractivity contribution in [2.75, 3.05) is 4.90 Å². The van der Waals surface area contributed by atoms with Gasteiger partial charge in [-0.25, -0.2) is 4.79 Å². The third-order valence-electron chi connectivity index (χ3n) is 4.93. The molecule has 160 valence electrons. The van der Waals surface area contributed by atoms with Gasteiger partial charge in [-0.3, -0.25) is 9.69 Å². The number of ether oxygens (including phenoxy) is 1. The van der Waals surface area contributed by atoms with Crippen LogP contribution >= 0.6 is 24.0 Å². The van der Waals surface area contributed by atoms with Crippen molar-refractivity contribution < 1.29 is 19.4 Å². The van der Waals surface area contributed by atoms with Crippen LogP contribution in [0.1, 0.15) is 27.0 Å². The first-order chi connectivity index (χ1) is 15.4. The highest BCUT2D eigenvalue weighted by molar-refractivity contribution is 8.27. The molecule has 0 spiro atoms. The number of aryl methyl sites for hydroxylation is 1. The fraction of sp³-hybridized carbons (Fsp3) is 0.0800. The topological polar surface area (TPSA) is 66.8 Å². The lowest BCUT2D eigenvalue weighted by Crippen LogP contribution is -2.28. The van der Waals surface area contributed by atoms with Crippen molar-refractivity contribution >= 4 is 51.9 Å². The summed E-state index contributed by atoms with van der Waals surface area (Å²) in [5, 5.41) is 8.96. The summed E-state index contributed by atoms with van der Waals surface area (Å²) in [4.78, 5) is 26.0. The molecule has 1 aliphatic rings. The van der Waals surface area contributed by atoms with Gasteiger partial charge in [0.05, 0.1) is 16.2 Å². The molecule has 0 radical (unpaired) electrons. The van der Waals surface area contributed by atoms with E-state index < -0.39 is 5.97 Å². The average Bonchev–Trinajstić information content (AvgIpc) is 3.06. The van der Waals surface area contributed by atoms with Crippen LogP contribution < -0.4 is 9.64 Å². The van der Waals surface area contributed by atoms with Gasteiger partial charge in [0.2, 0.25) is 0 Å². The number of carbonyl (C=O) groups excluding carboxylic acids is 1. The lowest BCUT2D eigenvalue weighted by atomic mass is 10.1. The number of hydrogen-bond donors (Lipinski definition) is 1. The minimum atomic E-state index is -0.955. The van der Waals surface area contributed by atoms with E-state index >= 15 is 0 Å². The van der Waals surface area contributed by atoms with E-state index in [4.69, 9.17) is 22.1 Å². The Hall–Kier alpha value is -3.42. The molecule has 1 saturated heterocycles. The largest absolute Gasteiger partial charge is 0.489 e. The minimum Gasteiger partial charge on any atom is -0.489 e. The number of thioether (sulfide) groups is 1. The molecular formula is C25H19NO4S2. The quantitative estimate of drug-likeness (QED) is 0.376. The third kappa shape index (κ3) is 4.74. The second-order valence-corrected chi connectivity index (χ2v) is 8.84. The molecule has 0 aliphatic carbocycles. The third-order valence-corrected chi connectivity index (χ3v) is 6.24. The van der Waals surface area contributed by atoms with E-state index in [0.29, 0.717) is 21.6 Å². The molecule has 0 aromatic heterocycles. The molecule has 1 heterocycles. The van der Waals surface area contributed by atoms with Gasteiger partial charge in [0.15, 0.2) is 4.32 Å². The Morgan fingerprint density at radius 1 is 1.06 bits per heavy atom. The van der Waals surface area contributed by atoms with Gasteiger partial charge >= 0.3 is 5.97 Å². The number of rotatable bonds is 6. The second kappa shape index (κ2) is 9.38. The van der Waals surface area contributed by atoms with Gasteiger partial charge in [-0.05, 0) is 60.0 Å². The Kier molecular flexibility index (Phi) is 6.39. The van der Waals surface area contributed by atoms with E-state index in [2.05, 4.69) is 0 Å². The van der Waals surface area contributed by atoms with Gasteiger partial charge in [0.1, 0.15) is 12.4 Å². The number of carbonyl (C=O) groups is 2. The van der Waals surface area contributed by atoms with Crippen molar-refractivity contribution in [1.29, 1.82) is 0 Å². The average molecular weight is 462 g/mol. The number of aromatic carboxylic acids is 1. The molecule has 0 unspecified atom stereocenters. The van der Waals surface area contributed by atoms with Crippen LogP contribution in [0, 0.1) is 6.92 Å². The van der Waals surface area contributed by atoms with Crippen LogP contribution in [0.5, 0.6) is 5.75 Å². The van der Waals surface area contributed by atoms with E-state index in [1.165, 1.54) is 11.8 Å². The van der Waals surface area contributed by atoms with Crippen molar-refractivity contribution in [2.24, 2.45) is 0 Å². The Morgan fingerprint density at radius 3 is 2.41 bits per heavy atom. The number of thiocarbonyl (C=S) groups is 1. The number of nitrogens with zero attached hydrogens (tertiary/aromatic N) is 1. The summed E-state index contributed by atoms with van der Waals surface area (Å²) in [6, 6.07) is 21.7. The van der Waals surface area contributed by atoms with Crippen molar-refractivity contribution in [3.63, 3.8) is 0 Å². The summed E-state index contributed by atoms with van der Waals surface area (Å²) in [5.41, 5.74) is 3.78. The van der Waals surface area contributed by atoms with E-state index in [0.717, 1.165) is 22.4 Å².